The van der Waals surface area contributed by atoms with Crippen LogP contribution in [-0.4, -0.2) is 44.4 Å². The number of hydrogen-bond acceptors (Lipinski definition) is 6. The molecule has 1 aliphatic heterocycles. The Morgan fingerprint density at radius 3 is 3.04 bits per heavy atom. The summed E-state index contributed by atoms with van der Waals surface area (Å²) in [5.74, 6) is 0.793. The molecule has 2 aromatic heterocycles. The molecule has 1 saturated heterocycles. The number of fused-ring (bicyclic) bond motifs is 2. The standard InChI is InChI=1S/C18H24N4O3/c1-10-12(11(2)22-17(21-10)19-9-20-22)5-6-14(23)25-16-13-7-8-24-15(13)18(16,3)4/h9,13,15-16H,5-8H2,1-4H3/t13-,15-,16-/m1/s1. The highest BCUT2D eigenvalue weighted by molar-refractivity contribution is 5.70. The van der Waals surface area contributed by atoms with Gasteiger partial charge in [-0.3, -0.25) is 4.79 Å². The van der Waals surface area contributed by atoms with Crippen molar-refractivity contribution in [3.8, 4) is 0 Å². The maximum Gasteiger partial charge on any atom is 0.306 e. The summed E-state index contributed by atoms with van der Waals surface area (Å²) in [4.78, 5) is 21.0. The molecule has 25 heavy (non-hydrogen) atoms. The highest BCUT2D eigenvalue weighted by Gasteiger charge is 2.61. The maximum atomic E-state index is 12.4. The maximum absolute atomic E-state index is 12.4. The van der Waals surface area contributed by atoms with E-state index in [0.29, 0.717) is 24.5 Å². The van der Waals surface area contributed by atoms with Crippen LogP contribution in [0.3, 0.4) is 0 Å². The number of aromatic nitrogens is 4. The summed E-state index contributed by atoms with van der Waals surface area (Å²) >= 11 is 0. The van der Waals surface area contributed by atoms with Gasteiger partial charge in [-0.15, -0.1) is 0 Å². The first-order valence-electron chi connectivity index (χ1n) is 8.86. The van der Waals surface area contributed by atoms with Gasteiger partial charge < -0.3 is 9.47 Å². The summed E-state index contributed by atoms with van der Waals surface area (Å²) < 4.78 is 13.3. The van der Waals surface area contributed by atoms with Gasteiger partial charge in [0.25, 0.3) is 5.78 Å². The average Bonchev–Trinajstić information content (AvgIpc) is 3.20. The van der Waals surface area contributed by atoms with E-state index in [4.69, 9.17) is 9.47 Å². The van der Waals surface area contributed by atoms with E-state index in [1.165, 1.54) is 6.33 Å². The van der Waals surface area contributed by atoms with Gasteiger partial charge >= 0.3 is 5.97 Å². The minimum absolute atomic E-state index is 0.0365. The highest BCUT2D eigenvalue weighted by atomic mass is 16.6. The van der Waals surface area contributed by atoms with Crippen LogP contribution in [0.1, 0.15) is 43.6 Å². The fourth-order valence-corrected chi connectivity index (χ4v) is 4.46. The van der Waals surface area contributed by atoms with Gasteiger partial charge in [0, 0.05) is 35.7 Å². The first-order chi connectivity index (χ1) is 11.9. The zero-order valence-electron chi connectivity index (χ0n) is 15.2. The number of carbonyl (C=O) groups excluding carboxylic acids is 1. The normalized spacial score (nSPS) is 27.1. The van der Waals surface area contributed by atoms with Crippen LogP contribution in [-0.2, 0) is 20.7 Å². The number of aryl methyl sites for hydroxylation is 2. The summed E-state index contributed by atoms with van der Waals surface area (Å²) in [5, 5.41) is 4.19. The van der Waals surface area contributed by atoms with Gasteiger partial charge in [-0.1, -0.05) is 13.8 Å². The first kappa shape index (κ1) is 16.4. The molecular formula is C18H24N4O3. The number of nitrogens with zero attached hydrogens (tertiary/aromatic N) is 4. The Balaban J connectivity index is 1.43. The topological polar surface area (TPSA) is 78.6 Å². The molecule has 0 aromatic carbocycles. The molecule has 2 aromatic rings. The van der Waals surface area contributed by atoms with E-state index in [1.807, 2.05) is 13.8 Å². The molecule has 7 nitrogen and oxygen atoms in total. The van der Waals surface area contributed by atoms with E-state index < -0.39 is 0 Å². The minimum Gasteiger partial charge on any atom is -0.461 e. The van der Waals surface area contributed by atoms with E-state index in [2.05, 4.69) is 28.9 Å². The van der Waals surface area contributed by atoms with Gasteiger partial charge in [0.2, 0.25) is 0 Å². The van der Waals surface area contributed by atoms with E-state index in [-0.39, 0.29) is 23.6 Å². The lowest BCUT2D eigenvalue weighted by atomic mass is 9.59. The second kappa shape index (κ2) is 5.76. The molecule has 2 fully saturated rings. The summed E-state index contributed by atoms with van der Waals surface area (Å²) in [6, 6.07) is 0. The number of ether oxygens (including phenoxy) is 2. The molecule has 1 saturated carbocycles. The lowest BCUT2D eigenvalue weighted by molar-refractivity contribution is -0.210. The molecule has 134 valence electrons. The van der Waals surface area contributed by atoms with E-state index in [1.54, 1.807) is 4.52 Å². The molecule has 0 bridgehead atoms. The van der Waals surface area contributed by atoms with Crippen molar-refractivity contribution in [3.05, 3.63) is 23.3 Å². The zero-order valence-corrected chi connectivity index (χ0v) is 15.2. The smallest absolute Gasteiger partial charge is 0.306 e. The number of carbonyl (C=O) groups is 1. The fraction of sp³-hybridized carbons (Fsp3) is 0.667. The Morgan fingerprint density at radius 1 is 1.44 bits per heavy atom. The second-order valence-electron chi connectivity index (χ2n) is 7.71. The van der Waals surface area contributed by atoms with Crippen molar-refractivity contribution < 1.29 is 14.3 Å². The Kier molecular flexibility index (Phi) is 3.79. The molecule has 3 heterocycles. The molecular weight excluding hydrogens is 320 g/mol. The number of hydrogen-bond donors (Lipinski definition) is 0. The lowest BCUT2D eigenvalue weighted by Crippen LogP contribution is -2.61. The van der Waals surface area contributed by atoms with Crippen LogP contribution < -0.4 is 0 Å². The van der Waals surface area contributed by atoms with Crippen molar-refractivity contribution in [1.82, 2.24) is 19.6 Å². The number of rotatable bonds is 4. The predicted octanol–water partition coefficient (Wildman–Crippen LogP) is 2.03. The summed E-state index contributed by atoms with van der Waals surface area (Å²) in [5.41, 5.74) is 2.80. The van der Waals surface area contributed by atoms with Crippen molar-refractivity contribution >= 4 is 11.7 Å². The van der Waals surface area contributed by atoms with Gasteiger partial charge in [0.05, 0.1) is 6.10 Å². The van der Waals surface area contributed by atoms with Crippen molar-refractivity contribution in [1.29, 1.82) is 0 Å². The Labute approximate surface area is 146 Å². The summed E-state index contributed by atoms with van der Waals surface area (Å²) in [6.07, 6.45) is 3.60. The molecule has 7 heteroatoms. The van der Waals surface area contributed by atoms with Crippen LogP contribution in [0, 0.1) is 25.2 Å². The van der Waals surface area contributed by atoms with Crippen molar-refractivity contribution in [2.24, 2.45) is 11.3 Å². The lowest BCUT2D eigenvalue weighted by Gasteiger charge is -2.53. The minimum atomic E-state index is -0.152. The van der Waals surface area contributed by atoms with Gasteiger partial charge in [-0.2, -0.15) is 10.1 Å². The van der Waals surface area contributed by atoms with Crippen LogP contribution in [0.2, 0.25) is 0 Å². The Bertz CT molecular complexity index is 829. The molecule has 0 unspecified atom stereocenters. The Morgan fingerprint density at radius 2 is 2.24 bits per heavy atom. The molecule has 4 rings (SSSR count). The summed E-state index contributed by atoms with van der Waals surface area (Å²) in [6.45, 7) is 8.93. The molecule has 2 aliphatic rings. The summed E-state index contributed by atoms with van der Waals surface area (Å²) in [7, 11) is 0. The quantitative estimate of drug-likeness (QED) is 0.790. The van der Waals surface area contributed by atoms with Gasteiger partial charge in [0.1, 0.15) is 12.4 Å². The van der Waals surface area contributed by atoms with E-state index in [0.717, 1.165) is 30.0 Å². The third kappa shape index (κ3) is 2.52. The highest BCUT2D eigenvalue weighted by Crippen LogP contribution is 2.53. The van der Waals surface area contributed by atoms with Crippen LogP contribution in [0.25, 0.3) is 5.78 Å². The predicted molar refractivity (Wildman–Crippen MR) is 90.1 cm³/mol. The fourth-order valence-electron chi connectivity index (χ4n) is 4.46. The van der Waals surface area contributed by atoms with E-state index >= 15 is 0 Å². The third-order valence-corrected chi connectivity index (χ3v) is 5.82. The Hall–Kier alpha value is -2.02. The van der Waals surface area contributed by atoms with Crippen LogP contribution >= 0.6 is 0 Å². The zero-order chi connectivity index (χ0) is 17.8. The molecule has 0 spiro atoms. The van der Waals surface area contributed by atoms with Crippen molar-refractivity contribution in [2.45, 2.75) is 59.2 Å². The van der Waals surface area contributed by atoms with Crippen LogP contribution in [0.5, 0.6) is 0 Å². The number of esters is 1. The molecule has 3 atom stereocenters. The first-order valence-corrected chi connectivity index (χ1v) is 8.86. The third-order valence-electron chi connectivity index (χ3n) is 5.82. The second-order valence-corrected chi connectivity index (χ2v) is 7.71. The van der Waals surface area contributed by atoms with Gasteiger partial charge in [-0.25, -0.2) is 9.50 Å². The monoisotopic (exact) mass is 344 g/mol. The molecule has 0 radical (unpaired) electrons. The van der Waals surface area contributed by atoms with E-state index in [9.17, 15) is 4.79 Å². The van der Waals surface area contributed by atoms with Crippen LogP contribution in [0.15, 0.2) is 6.33 Å². The van der Waals surface area contributed by atoms with Crippen molar-refractivity contribution in [2.75, 3.05) is 6.61 Å². The SMILES string of the molecule is Cc1nc2ncnn2c(C)c1CCC(=O)O[C@@H]1[C@@H]2CCO[C@H]2C1(C)C. The van der Waals surface area contributed by atoms with Gasteiger partial charge in [0.15, 0.2) is 0 Å². The molecule has 1 aliphatic carbocycles. The molecule has 0 amide bonds. The van der Waals surface area contributed by atoms with Crippen LogP contribution in [0.4, 0.5) is 0 Å². The van der Waals surface area contributed by atoms with Crippen molar-refractivity contribution in [3.63, 3.8) is 0 Å². The molecule has 0 N–H and O–H groups in total. The average molecular weight is 344 g/mol. The van der Waals surface area contributed by atoms with Gasteiger partial charge in [-0.05, 0) is 32.3 Å². The largest absolute Gasteiger partial charge is 0.461 e.